The average Bonchev–Trinajstić information content (AvgIpc) is 3.30. The third-order valence-electron chi connectivity index (χ3n) is 4.58. The van der Waals surface area contributed by atoms with Crippen molar-refractivity contribution in [3.63, 3.8) is 0 Å². The van der Waals surface area contributed by atoms with Crippen molar-refractivity contribution in [3.05, 3.63) is 42.9 Å². The number of amides is 2. The van der Waals surface area contributed by atoms with Gasteiger partial charge in [0.25, 0.3) is 0 Å². The van der Waals surface area contributed by atoms with Crippen LogP contribution in [0.3, 0.4) is 0 Å². The first-order valence-corrected chi connectivity index (χ1v) is 9.00. The molecule has 2 aromatic rings. The van der Waals surface area contributed by atoms with Gasteiger partial charge in [0.15, 0.2) is 0 Å². The van der Waals surface area contributed by atoms with Crippen molar-refractivity contribution >= 4 is 6.03 Å². The Balaban J connectivity index is 1.50. The van der Waals surface area contributed by atoms with E-state index in [-0.39, 0.29) is 18.1 Å². The Bertz CT molecular complexity index is 620. The molecule has 2 aromatic heterocycles. The van der Waals surface area contributed by atoms with E-state index in [1.807, 2.05) is 29.8 Å². The van der Waals surface area contributed by atoms with E-state index >= 15 is 0 Å². The largest absolute Gasteiger partial charge is 0.468 e. The maximum Gasteiger partial charge on any atom is 0.315 e. The van der Waals surface area contributed by atoms with Crippen molar-refractivity contribution in [1.82, 2.24) is 25.1 Å². The second-order valence-electron chi connectivity index (χ2n) is 6.64. The van der Waals surface area contributed by atoms with E-state index in [0.29, 0.717) is 13.1 Å². The summed E-state index contributed by atoms with van der Waals surface area (Å²) in [5.41, 5.74) is 0. The van der Waals surface area contributed by atoms with Gasteiger partial charge in [0.1, 0.15) is 5.76 Å². The van der Waals surface area contributed by atoms with E-state index in [0.717, 1.165) is 18.8 Å². The Hall–Kier alpha value is -2.28. The van der Waals surface area contributed by atoms with Crippen LogP contribution in [0.1, 0.15) is 38.0 Å². The Morgan fingerprint density at radius 1 is 1.36 bits per heavy atom. The quantitative estimate of drug-likeness (QED) is 0.808. The molecule has 0 unspecified atom stereocenters. The molecule has 7 nitrogen and oxygen atoms in total. The highest BCUT2D eigenvalue weighted by Crippen LogP contribution is 2.24. The first-order valence-electron chi connectivity index (χ1n) is 9.00. The van der Waals surface area contributed by atoms with Crippen molar-refractivity contribution in [2.45, 2.75) is 44.8 Å². The van der Waals surface area contributed by atoms with Gasteiger partial charge in [0, 0.05) is 31.5 Å². The zero-order chi connectivity index (χ0) is 17.5. The molecule has 3 rings (SSSR count). The number of rotatable bonds is 7. The lowest BCUT2D eigenvalue weighted by Crippen LogP contribution is -2.46. The number of aromatic nitrogens is 2. The Labute approximate surface area is 148 Å². The van der Waals surface area contributed by atoms with Crippen LogP contribution >= 0.6 is 0 Å². The topological polar surface area (TPSA) is 75.3 Å². The summed E-state index contributed by atoms with van der Waals surface area (Å²) in [4.78, 5) is 18.7. The molecule has 25 heavy (non-hydrogen) atoms. The summed E-state index contributed by atoms with van der Waals surface area (Å²) in [6.45, 7) is 5.31. The number of hydrogen-bond donors (Lipinski definition) is 2. The lowest BCUT2D eigenvalue weighted by Gasteiger charge is -2.33. The minimum Gasteiger partial charge on any atom is -0.468 e. The van der Waals surface area contributed by atoms with Gasteiger partial charge >= 0.3 is 6.03 Å². The number of furan rings is 1. The van der Waals surface area contributed by atoms with Crippen LogP contribution in [-0.4, -0.2) is 46.2 Å². The van der Waals surface area contributed by atoms with Gasteiger partial charge in [-0.3, -0.25) is 4.90 Å². The standard InChI is InChI=1S/C18H27N5O2/c1-15(13-22-10-7-19-14-22)21-18(24)20-12-16(17-6-5-11-25-17)23-8-3-2-4-9-23/h5-7,10-11,14-16H,2-4,8-9,12-13H2,1H3,(H2,20,21,24)/t15-,16-/m1/s1. The Morgan fingerprint density at radius 3 is 2.88 bits per heavy atom. The lowest BCUT2D eigenvalue weighted by atomic mass is 10.1. The van der Waals surface area contributed by atoms with Crippen LogP contribution in [0, 0.1) is 0 Å². The van der Waals surface area contributed by atoms with Crippen molar-refractivity contribution in [1.29, 1.82) is 0 Å². The lowest BCUT2D eigenvalue weighted by molar-refractivity contribution is 0.143. The number of nitrogens with zero attached hydrogens (tertiary/aromatic N) is 3. The van der Waals surface area contributed by atoms with Gasteiger partial charge in [-0.25, -0.2) is 9.78 Å². The predicted molar refractivity (Wildman–Crippen MR) is 95.1 cm³/mol. The summed E-state index contributed by atoms with van der Waals surface area (Å²) < 4.78 is 7.56. The van der Waals surface area contributed by atoms with Gasteiger partial charge in [0.2, 0.25) is 0 Å². The smallest absolute Gasteiger partial charge is 0.315 e. The second-order valence-corrected chi connectivity index (χ2v) is 6.64. The molecule has 7 heteroatoms. The molecule has 0 aromatic carbocycles. The molecule has 2 atom stereocenters. The third kappa shape index (κ3) is 5.09. The predicted octanol–water partition coefficient (Wildman–Crippen LogP) is 2.39. The van der Waals surface area contributed by atoms with Crippen molar-refractivity contribution in [2.24, 2.45) is 0 Å². The highest BCUT2D eigenvalue weighted by Gasteiger charge is 2.25. The first kappa shape index (κ1) is 17.5. The molecular weight excluding hydrogens is 318 g/mol. The molecule has 0 spiro atoms. The molecule has 136 valence electrons. The van der Waals surface area contributed by atoms with Gasteiger partial charge in [-0.05, 0) is 45.0 Å². The second kappa shape index (κ2) is 8.71. The van der Waals surface area contributed by atoms with Crippen LogP contribution in [0.2, 0.25) is 0 Å². The van der Waals surface area contributed by atoms with Crippen LogP contribution in [0.5, 0.6) is 0 Å². The zero-order valence-corrected chi connectivity index (χ0v) is 14.7. The summed E-state index contributed by atoms with van der Waals surface area (Å²) in [7, 11) is 0. The number of carbonyl (C=O) groups is 1. The summed E-state index contributed by atoms with van der Waals surface area (Å²) in [6, 6.07) is 3.84. The molecule has 2 amide bonds. The molecule has 1 aliphatic heterocycles. The summed E-state index contributed by atoms with van der Waals surface area (Å²) in [5, 5.41) is 5.98. The zero-order valence-electron chi connectivity index (χ0n) is 14.7. The van der Waals surface area contributed by atoms with Gasteiger partial charge in [0.05, 0.1) is 18.6 Å². The van der Waals surface area contributed by atoms with E-state index < -0.39 is 0 Å². The third-order valence-corrected chi connectivity index (χ3v) is 4.58. The number of likely N-dealkylation sites (tertiary alicyclic amines) is 1. The fourth-order valence-electron chi connectivity index (χ4n) is 3.34. The highest BCUT2D eigenvalue weighted by molar-refractivity contribution is 5.74. The van der Waals surface area contributed by atoms with Gasteiger partial charge in [-0.15, -0.1) is 0 Å². The molecule has 3 heterocycles. The first-order chi connectivity index (χ1) is 12.2. The van der Waals surface area contributed by atoms with Crippen molar-refractivity contribution in [3.8, 4) is 0 Å². The normalized spacial score (nSPS) is 17.8. The fourth-order valence-corrected chi connectivity index (χ4v) is 3.34. The van der Waals surface area contributed by atoms with E-state index in [1.165, 1.54) is 19.3 Å². The summed E-state index contributed by atoms with van der Waals surface area (Å²) >= 11 is 0. The maximum absolute atomic E-state index is 12.2. The molecule has 0 bridgehead atoms. The summed E-state index contributed by atoms with van der Waals surface area (Å²) in [5.74, 6) is 0.911. The van der Waals surface area contributed by atoms with E-state index in [1.54, 1.807) is 18.8 Å². The minimum atomic E-state index is -0.152. The fraction of sp³-hybridized carbons (Fsp3) is 0.556. The highest BCUT2D eigenvalue weighted by atomic mass is 16.3. The molecule has 2 N–H and O–H groups in total. The van der Waals surface area contributed by atoms with Crippen molar-refractivity contribution in [2.75, 3.05) is 19.6 Å². The van der Waals surface area contributed by atoms with Crippen LogP contribution < -0.4 is 10.6 Å². The molecule has 0 saturated carbocycles. The van der Waals surface area contributed by atoms with Gasteiger partial charge in [-0.2, -0.15) is 0 Å². The molecule has 0 aliphatic carbocycles. The molecule has 1 aliphatic rings. The number of urea groups is 1. The number of imidazole rings is 1. The van der Waals surface area contributed by atoms with E-state index in [9.17, 15) is 4.79 Å². The Kier molecular flexibility index (Phi) is 6.11. The van der Waals surface area contributed by atoms with Gasteiger partial charge in [-0.1, -0.05) is 6.42 Å². The average molecular weight is 345 g/mol. The number of hydrogen-bond acceptors (Lipinski definition) is 4. The van der Waals surface area contributed by atoms with Crippen LogP contribution in [0.25, 0.3) is 0 Å². The molecule has 0 radical (unpaired) electrons. The maximum atomic E-state index is 12.2. The van der Waals surface area contributed by atoms with Crippen molar-refractivity contribution < 1.29 is 9.21 Å². The number of piperidine rings is 1. The van der Waals surface area contributed by atoms with Crippen LogP contribution in [-0.2, 0) is 6.54 Å². The Morgan fingerprint density at radius 2 is 2.20 bits per heavy atom. The van der Waals surface area contributed by atoms with E-state index in [2.05, 4.69) is 20.5 Å². The monoisotopic (exact) mass is 345 g/mol. The minimum absolute atomic E-state index is 0.0197. The molecular formula is C18H27N5O2. The van der Waals surface area contributed by atoms with E-state index in [4.69, 9.17) is 4.42 Å². The SMILES string of the molecule is C[C@H](Cn1ccnc1)NC(=O)NC[C@H](c1ccco1)N1CCCCC1. The molecule has 1 fully saturated rings. The summed E-state index contributed by atoms with van der Waals surface area (Å²) in [6.07, 6.45) is 10.7. The van der Waals surface area contributed by atoms with Gasteiger partial charge < -0.3 is 19.6 Å². The molecule has 1 saturated heterocycles. The number of carbonyl (C=O) groups excluding carboxylic acids is 1. The number of nitrogens with one attached hydrogen (secondary N) is 2. The van der Waals surface area contributed by atoms with Crippen LogP contribution in [0.15, 0.2) is 41.5 Å². The van der Waals surface area contributed by atoms with Crippen LogP contribution in [0.4, 0.5) is 4.79 Å².